The molecule has 104 valence electrons. The first-order chi connectivity index (χ1) is 10.1. The zero-order chi connectivity index (χ0) is 14.8. The second-order valence-electron chi connectivity index (χ2n) is 4.52. The summed E-state index contributed by atoms with van der Waals surface area (Å²) in [6.07, 6.45) is 1.81. The minimum Gasteiger partial charge on any atom is -0.508 e. The van der Waals surface area contributed by atoms with Gasteiger partial charge in [0, 0.05) is 0 Å². The van der Waals surface area contributed by atoms with Crippen LogP contribution in [0.15, 0.2) is 53.4 Å². The molecule has 0 aromatic heterocycles. The van der Waals surface area contributed by atoms with E-state index in [1.54, 1.807) is 18.2 Å². The maximum atomic E-state index is 11.6. The van der Waals surface area contributed by atoms with Gasteiger partial charge in [-0.2, -0.15) is 0 Å². The topological polar surface area (TPSA) is 49.3 Å². The van der Waals surface area contributed by atoms with Crippen LogP contribution in [0.1, 0.15) is 5.56 Å². The first-order valence-electron chi connectivity index (χ1n) is 6.26. The summed E-state index contributed by atoms with van der Waals surface area (Å²) in [6, 6.07) is 14.9. The molecular weight excluding hydrogens is 302 g/mol. The number of carbonyl (C=O) groups is 1. The number of benzene rings is 2. The number of thioether (sulfide) groups is 1. The van der Waals surface area contributed by atoms with E-state index in [9.17, 15) is 9.90 Å². The van der Waals surface area contributed by atoms with Crippen molar-refractivity contribution in [1.29, 1.82) is 0 Å². The Hall–Kier alpha value is -2.11. The fourth-order valence-electron chi connectivity index (χ4n) is 2.03. The monoisotopic (exact) mass is 313 g/mol. The van der Waals surface area contributed by atoms with Gasteiger partial charge < -0.3 is 10.4 Å². The van der Waals surface area contributed by atoms with Gasteiger partial charge in [0.25, 0.3) is 5.91 Å². The van der Waals surface area contributed by atoms with Crippen LogP contribution in [0.25, 0.3) is 17.2 Å². The minimum absolute atomic E-state index is 0.151. The Kier molecular flexibility index (Phi) is 3.77. The molecule has 3 rings (SSSR count). The first-order valence-corrected chi connectivity index (χ1v) is 7.48. The molecule has 1 amide bonds. The molecule has 1 heterocycles. The van der Waals surface area contributed by atoms with Crippen LogP contribution in [0.3, 0.4) is 0 Å². The van der Waals surface area contributed by atoms with Crippen LogP contribution in [-0.2, 0) is 4.79 Å². The molecule has 2 aromatic rings. The van der Waals surface area contributed by atoms with E-state index in [-0.39, 0.29) is 11.7 Å². The van der Waals surface area contributed by atoms with E-state index >= 15 is 0 Å². The highest BCUT2D eigenvalue weighted by Gasteiger charge is 2.21. The van der Waals surface area contributed by atoms with Crippen molar-refractivity contribution in [1.82, 2.24) is 5.32 Å². The Bertz CT molecular complexity index is 751. The van der Waals surface area contributed by atoms with Gasteiger partial charge in [-0.3, -0.25) is 4.79 Å². The number of carbonyl (C=O) groups excluding carboxylic acids is 1. The van der Waals surface area contributed by atoms with Crippen LogP contribution < -0.4 is 5.32 Å². The Morgan fingerprint density at radius 3 is 2.48 bits per heavy atom. The third-order valence-corrected chi connectivity index (χ3v) is 4.19. The highest BCUT2D eigenvalue weighted by atomic mass is 32.2. The largest absolute Gasteiger partial charge is 0.508 e. The van der Waals surface area contributed by atoms with Crippen LogP contribution in [0.5, 0.6) is 5.75 Å². The van der Waals surface area contributed by atoms with Crippen LogP contribution in [-0.4, -0.2) is 15.3 Å². The molecular formula is C16H11NO2S2. The van der Waals surface area contributed by atoms with Crippen molar-refractivity contribution in [3.05, 3.63) is 59.0 Å². The van der Waals surface area contributed by atoms with Gasteiger partial charge in [0.2, 0.25) is 0 Å². The zero-order valence-corrected chi connectivity index (χ0v) is 12.5. The maximum Gasteiger partial charge on any atom is 0.263 e. The number of hydrogen-bond acceptors (Lipinski definition) is 4. The number of nitrogens with one attached hydrogen (secondary N) is 1. The first kappa shape index (κ1) is 13.9. The Morgan fingerprint density at radius 1 is 1.10 bits per heavy atom. The lowest BCUT2D eigenvalue weighted by Crippen LogP contribution is -2.17. The van der Waals surface area contributed by atoms with Crippen molar-refractivity contribution in [3.63, 3.8) is 0 Å². The summed E-state index contributed by atoms with van der Waals surface area (Å²) in [4.78, 5) is 12.2. The minimum atomic E-state index is -0.151. The van der Waals surface area contributed by atoms with Crippen LogP contribution >= 0.6 is 24.0 Å². The number of rotatable bonds is 2. The fourth-order valence-corrected chi connectivity index (χ4v) is 3.07. The molecule has 0 spiro atoms. The maximum absolute atomic E-state index is 11.6. The highest BCUT2D eigenvalue weighted by Crippen LogP contribution is 2.27. The molecule has 1 saturated heterocycles. The lowest BCUT2D eigenvalue weighted by Gasteiger charge is -2.03. The number of hydrogen-bond donors (Lipinski definition) is 2. The van der Waals surface area contributed by atoms with Gasteiger partial charge in [0.1, 0.15) is 10.1 Å². The molecule has 0 bridgehead atoms. The highest BCUT2D eigenvalue weighted by molar-refractivity contribution is 8.26. The van der Waals surface area contributed by atoms with E-state index in [1.165, 1.54) is 11.8 Å². The summed E-state index contributed by atoms with van der Waals surface area (Å²) in [5, 5.41) is 12.1. The molecule has 0 unspecified atom stereocenters. The zero-order valence-electron chi connectivity index (χ0n) is 10.9. The number of phenols is 1. The molecule has 1 aliphatic rings. The molecule has 2 N–H and O–H groups in total. The van der Waals surface area contributed by atoms with Gasteiger partial charge in [-0.05, 0) is 34.9 Å². The van der Waals surface area contributed by atoms with Gasteiger partial charge in [-0.25, -0.2) is 0 Å². The SMILES string of the molecule is O=C1NC(=S)S/C1=C/c1ccc(-c2cccc(O)c2)cc1. The molecule has 0 radical (unpaired) electrons. The van der Waals surface area contributed by atoms with E-state index < -0.39 is 0 Å². The predicted molar refractivity (Wildman–Crippen MR) is 89.9 cm³/mol. The third-order valence-electron chi connectivity index (χ3n) is 3.03. The predicted octanol–water partition coefficient (Wildman–Crippen LogP) is 3.55. The van der Waals surface area contributed by atoms with Gasteiger partial charge in [0.05, 0.1) is 4.91 Å². The van der Waals surface area contributed by atoms with Crippen molar-refractivity contribution in [2.24, 2.45) is 0 Å². The summed E-state index contributed by atoms with van der Waals surface area (Å²) >= 11 is 6.22. The van der Waals surface area contributed by atoms with E-state index in [2.05, 4.69) is 5.32 Å². The van der Waals surface area contributed by atoms with Crippen LogP contribution in [0.4, 0.5) is 0 Å². The molecule has 1 aliphatic heterocycles. The van der Waals surface area contributed by atoms with Crippen molar-refractivity contribution >= 4 is 40.3 Å². The lowest BCUT2D eigenvalue weighted by molar-refractivity contribution is -0.115. The average Bonchev–Trinajstić information content (AvgIpc) is 2.78. The Morgan fingerprint density at radius 2 is 1.86 bits per heavy atom. The fraction of sp³-hybridized carbons (Fsp3) is 0. The molecule has 0 saturated carbocycles. The standard InChI is InChI=1S/C16H11NO2S2/c18-13-3-1-2-12(9-13)11-6-4-10(5-7-11)8-14-15(19)17-16(20)21-14/h1-9,18H,(H,17,19,20)/b14-8+. The van der Waals surface area contributed by atoms with E-state index in [0.29, 0.717) is 9.23 Å². The smallest absolute Gasteiger partial charge is 0.263 e. The summed E-state index contributed by atoms with van der Waals surface area (Å²) in [6.45, 7) is 0. The second-order valence-corrected chi connectivity index (χ2v) is 6.24. The summed E-state index contributed by atoms with van der Waals surface area (Å²) in [5.41, 5.74) is 2.89. The van der Waals surface area contributed by atoms with Crippen molar-refractivity contribution in [2.75, 3.05) is 0 Å². The van der Waals surface area contributed by atoms with Crippen molar-refractivity contribution in [3.8, 4) is 16.9 Å². The number of amides is 1. The number of aromatic hydroxyl groups is 1. The van der Waals surface area contributed by atoms with Crippen LogP contribution in [0, 0.1) is 0 Å². The lowest BCUT2D eigenvalue weighted by atomic mass is 10.0. The number of thiocarbonyl (C=S) groups is 1. The van der Waals surface area contributed by atoms with Gasteiger partial charge in [0.15, 0.2) is 0 Å². The normalized spacial score (nSPS) is 16.3. The van der Waals surface area contributed by atoms with Crippen LogP contribution in [0.2, 0.25) is 0 Å². The Labute approximate surface area is 131 Å². The molecule has 3 nitrogen and oxygen atoms in total. The second kappa shape index (κ2) is 5.71. The van der Waals surface area contributed by atoms with E-state index in [0.717, 1.165) is 16.7 Å². The average molecular weight is 313 g/mol. The number of phenolic OH excluding ortho intramolecular Hbond substituents is 1. The molecule has 5 heteroatoms. The third kappa shape index (κ3) is 3.15. The Balaban J connectivity index is 1.86. The molecule has 0 atom stereocenters. The van der Waals surface area contributed by atoms with Crippen molar-refractivity contribution in [2.45, 2.75) is 0 Å². The molecule has 2 aromatic carbocycles. The summed E-state index contributed by atoms with van der Waals surface area (Å²) in [5.74, 6) is 0.0910. The summed E-state index contributed by atoms with van der Waals surface area (Å²) in [7, 11) is 0. The molecule has 21 heavy (non-hydrogen) atoms. The molecule has 1 fully saturated rings. The molecule has 0 aliphatic carbocycles. The van der Waals surface area contributed by atoms with Gasteiger partial charge in [-0.1, -0.05) is 60.4 Å². The quantitative estimate of drug-likeness (QED) is 0.657. The van der Waals surface area contributed by atoms with Crippen molar-refractivity contribution < 1.29 is 9.90 Å². The van der Waals surface area contributed by atoms with Gasteiger partial charge >= 0.3 is 0 Å². The van der Waals surface area contributed by atoms with E-state index in [4.69, 9.17) is 12.2 Å². The summed E-state index contributed by atoms with van der Waals surface area (Å²) < 4.78 is 0.489. The van der Waals surface area contributed by atoms with Gasteiger partial charge in [-0.15, -0.1) is 0 Å². The van der Waals surface area contributed by atoms with E-state index in [1.807, 2.05) is 36.4 Å².